The highest BCUT2D eigenvalue weighted by atomic mass is 16.2. The van der Waals surface area contributed by atoms with Crippen LogP contribution in [0.15, 0.2) is 48.5 Å². The standard InChI is InChI=1S/C24H28N4O3/c29-22(15-25-17-11-13-19(14-12-17)26-23(30)16-9-10-16)28-21-8-4-3-7-20(21)24(31)27-18-5-1-2-6-18/h3-4,7-8,11-14,16,18,25H,1-2,5-6,9-10,15H2,(H,26,30)(H,27,31)(H,28,29). The zero-order chi connectivity index (χ0) is 21.6. The Balaban J connectivity index is 1.28. The first-order chi connectivity index (χ1) is 15.1. The maximum absolute atomic E-state index is 12.6. The highest BCUT2D eigenvalue weighted by molar-refractivity contribution is 6.04. The minimum absolute atomic E-state index is 0.0619. The fourth-order valence-corrected chi connectivity index (χ4v) is 3.76. The van der Waals surface area contributed by atoms with Crippen LogP contribution in [0.25, 0.3) is 0 Å². The maximum Gasteiger partial charge on any atom is 0.253 e. The van der Waals surface area contributed by atoms with E-state index >= 15 is 0 Å². The van der Waals surface area contributed by atoms with Crippen molar-refractivity contribution >= 4 is 34.8 Å². The monoisotopic (exact) mass is 420 g/mol. The quantitative estimate of drug-likeness (QED) is 0.523. The molecule has 2 aliphatic rings. The zero-order valence-electron chi connectivity index (χ0n) is 17.4. The molecule has 31 heavy (non-hydrogen) atoms. The molecule has 0 spiro atoms. The van der Waals surface area contributed by atoms with Crippen LogP contribution in [0.4, 0.5) is 17.1 Å². The second kappa shape index (κ2) is 9.64. The maximum atomic E-state index is 12.6. The van der Waals surface area contributed by atoms with Crippen LogP contribution in [0.2, 0.25) is 0 Å². The van der Waals surface area contributed by atoms with Gasteiger partial charge in [0.05, 0.1) is 17.8 Å². The van der Waals surface area contributed by atoms with Gasteiger partial charge in [0.25, 0.3) is 5.91 Å². The van der Waals surface area contributed by atoms with E-state index in [1.165, 1.54) is 0 Å². The van der Waals surface area contributed by atoms with E-state index in [9.17, 15) is 14.4 Å². The zero-order valence-corrected chi connectivity index (χ0v) is 17.4. The van der Waals surface area contributed by atoms with Crippen molar-refractivity contribution in [1.82, 2.24) is 5.32 Å². The molecule has 4 rings (SSSR count). The number of benzene rings is 2. The smallest absolute Gasteiger partial charge is 0.253 e. The SMILES string of the molecule is O=C(CNc1ccc(NC(=O)C2CC2)cc1)Nc1ccccc1C(=O)NC1CCCC1. The third-order valence-electron chi connectivity index (χ3n) is 5.69. The summed E-state index contributed by atoms with van der Waals surface area (Å²) in [5.41, 5.74) is 2.49. The highest BCUT2D eigenvalue weighted by Gasteiger charge is 2.29. The van der Waals surface area contributed by atoms with Crippen LogP contribution in [0.5, 0.6) is 0 Å². The summed E-state index contributed by atoms with van der Waals surface area (Å²) in [7, 11) is 0. The molecule has 0 aliphatic heterocycles. The number of carbonyl (C=O) groups excluding carboxylic acids is 3. The molecule has 0 heterocycles. The number of carbonyl (C=O) groups is 3. The topological polar surface area (TPSA) is 99.3 Å². The Labute approximate surface area is 182 Å². The van der Waals surface area contributed by atoms with Gasteiger partial charge < -0.3 is 21.3 Å². The van der Waals surface area contributed by atoms with Gasteiger partial charge >= 0.3 is 0 Å². The van der Waals surface area contributed by atoms with E-state index in [4.69, 9.17) is 0 Å². The molecule has 0 aromatic heterocycles. The molecule has 7 nitrogen and oxygen atoms in total. The molecule has 2 fully saturated rings. The first-order valence-electron chi connectivity index (χ1n) is 10.9. The Morgan fingerprint density at radius 1 is 0.806 bits per heavy atom. The number of para-hydroxylation sites is 1. The molecular weight excluding hydrogens is 392 g/mol. The van der Waals surface area contributed by atoms with Gasteiger partial charge in [0.2, 0.25) is 11.8 Å². The summed E-state index contributed by atoms with van der Waals surface area (Å²) in [6.07, 6.45) is 6.23. The van der Waals surface area contributed by atoms with Crippen molar-refractivity contribution in [3.05, 3.63) is 54.1 Å². The lowest BCUT2D eigenvalue weighted by atomic mass is 10.1. The summed E-state index contributed by atoms with van der Waals surface area (Å²) in [6.45, 7) is 0.0619. The molecule has 2 aromatic carbocycles. The normalized spacial score (nSPS) is 15.9. The van der Waals surface area contributed by atoms with E-state index in [0.29, 0.717) is 11.3 Å². The summed E-state index contributed by atoms with van der Waals surface area (Å²) < 4.78 is 0. The molecule has 162 valence electrons. The second-order valence-electron chi connectivity index (χ2n) is 8.24. The number of nitrogens with one attached hydrogen (secondary N) is 4. The predicted molar refractivity (Wildman–Crippen MR) is 121 cm³/mol. The van der Waals surface area contributed by atoms with Gasteiger partial charge in [-0.05, 0) is 62.1 Å². The molecule has 0 unspecified atom stereocenters. The van der Waals surface area contributed by atoms with Crippen molar-refractivity contribution in [1.29, 1.82) is 0 Å². The van der Waals surface area contributed by atoms with Crippen LogP contribution in [-0.2, 0) is 9.59 Å². The molecule has 0 saturated heterocycles. The van der Waals surface area contributed by atoms with Gasteiger partial charge in [0.15, 0.2) is 0 Å². The first kappa shape index (κ1) is 20.9. The Morgan fingerprint density at radius 2 is 1.48 bits per heavy atom. The van der Waals surface area contributed by atoms with Gasteiger partial charge in [-0.15, -0.1) is 0 Å². The van der Waals surface area contributed by atoms with Crippen molar-refractivity contribution in [2.75, 3.05) is 22.5 Å². The van der Waals surface area contributed by atoms with Crippen molar-refractivity contribution in [3.63, 3.8) is 0 Å². The Hall–Kier alpha value is -3.35. The average Bonchev–Trinajstić information content (AvgIpc) is 3.51. The highest BCUT2D eigenvalue weighted by Crippen LogP contribution is 2.30. The Kier molecular flexibility index (Phi) is 6.50. The van der Waals surface area contributed by atoms with Crippen LogP contribution in [0, 0.1) is 5.92 Å². The summed E-state index contributed by atoms with van der Waals surface area (Å²) >= 11 is 0. The van der Waals surface area contributed by atoms with E-state index < -0.39 is 0 Å². The number of anilines is 3. The van der Waals surface area contributed by atoms with E-state index in [2.05, 4.69) is 21.3 Å². The van der Waals surface area contributed by atoms with Gasteiger partial charge in [-0.1, -0.05) is 25.0 Å². The molecule has 2 aromatic rings. The molecule has 3 amide bonds. The minimum atomic E-state index is -0.243. The van der Waals surface area contributed by atoms with Gasteiger partial charge in [-0.2, -0.15) is 0 Å². The number of amides is 3. The van der Waals surface area contributed by atoms with Crippen molar-refractivity contribution in [3.8, 4) is 0 Å². The van der Waals surface area contributed by atoms with Crippen LogP contribution < -0.4 is 21.3 Å². The number of hydrogen-bond donors (Lipinski definition) is 4. The molecule has 2 aliphatic carbocycles. The number of hydrogen-bond acceptors (Lipinski definition) is 4. The van der Waals surface area contributed by atoms with Crippen molar-refractivity contribution in [2.45, 2.75) is 44.6 Å². The van der Waals surface area contributed by atoms with Crippen LogP contribution in [0.1, 0.15) is 48.9 Å². The first-order valence-corrected chi connectivity index (χ1v) is 10.9. The molecule has 0 bridgehead atoms. The number of rotatable bonds is 8. The lowest BCUT2D eigenvalue weighted by molar-refractivity contribution is -0.117. The van der Waals surface area contributed by atoms with Crippen LogP contribution >= 0.6 is 0 Å². The second-order valence-corrected chi connectivity index (χ2v) is 8.24. The van der Waals surface area contributed by atoms with Crippen molar-refractivity contribution < 1.29 is 14.4 Å². The third kappa shape index (κ3) is 5.84. The van der Waals surface area contributed by atoms with Crippen molar-refractivity contribution in [2.24, 2.45) is 5.92 Å². The Bertz CT molecular complexity index is 948. The summed E-state index contributed by atoms with van der Waals surface area (Å²) in [5.74, 6) is -0.174. The van der Waals surface area contributed by atoms with E-state index in [-0.39, 0.29) is 36.2 Å². The average molecular weight is 421 g/mol. The van der Waals surface area contributed by atoms with Gasteiger partial charge in [-0.25, -0.2) is 0 Å². The third-order valence-corrected chi connectivity index (χ3v) is 5.69. The van der Waals surface area contributed by atoms with Crippen LogP contribution in [-0.4, -0.2) is 30.3 Å². The molecule has 7 heteroatoms. The molecule has 4 N–H and O–H groups in total. The lowest BCUT2D eigenvalue weighted by Crippen LogP contribution is -2.33. The van der Waals surface area contributed by atoms with E-state index in [1.807, 2.05) is 24.3 Å². The van der Waals surface area contributed by atoms with Gasteiger partial charge in [-0.3, -0.25) is 14.4 Å². The fraction of sp³-hybridized carbons (Fsp3) is 0.375. The lowest BCUT2D eigenvalue weighted by Gasteiger charge is -2.15. The molecular formula is C24H28N4O3. The van der Waals surface area contributed by atoms with Crippen LogP contribution in [0.3, 0.4) is 0 Å². The van der Waals surface area contributed by atoms with E-state index in [0.717, 1.165) is 49.9 Å². The predicted octanol–water partition coefficient (Wildman–Crippen LogP) is 3.76. The van der Waals surface area contributed by atoms with Gasteiger partial charge in [0, 0.05) is 23.3 Å². The largest absolute Gasteiger partial charge is 0.376 e. The molecule has 2 saturated carbocycles. The Morgan fingerprint density at radius 3 is 2.19 bits per heavy atom. The summed E-state index contributed by atoms with van der Waals surface area (Å²) in [4.78, 5) is 36.9. The van der Waals surface area contributed by atoms with Gasteiger partial charge in [0.1, 0.15) is 0 Å². The minimum Gasteiger partial charge on any atom is -0.376 e. The molecule has 0 radical (unpaired) electrons. The molecule has 0 atom stereocenters. The summed E-state index contributed by atoms with van der Waals surface area (Å²) in [6, 6.07) is 14.5. The summed E-state index contributed by atoms with van der Waals surface area (Å²) in [5, 5.41) is 11.8. The van der Waals surface area contributed by atoms with E-state index in [1.54, 1.807) is 24.3 Å². The fourth-order valence-electron chi connectivity index (χ4n) is 3.76.